The van der Waals surface area contributed by atoms with E-state index in [0.29, 0.717) is 17.7 Å². The highest BCUT2D eigenvalue weighted by atomic mass is 32.2. The lowest BCUT2D eigenvalue weighted by Crippen LogP contribution is -2.12. The number of nitrogens with one attached hydrogen (secondary N) is 2. The third-order valence-electron chi connectivity index (χ3n) is 3.77. The van der Waals surface area contributed by atoms with E-state index in [9.17, 15) is 17.6 Å². The molecule has 0 spiro atoms. The number of sulfonamides is 1. The van der Waals surface area contributed by atoms with Crippen LogP contribution in [0.1, 0.15) is 22.3 Å². The Balaban J connectivity index is 1.61. The molecule has 2 N–H and O–H groups in total. The predicted octanol–water partition coefficient (Wildman–Crippen LogP) is 3.85. The minimum absolute atomic E-state index is 0.0719. The molecule has 3 rings (SSSR count). The number of rotatable bonds is 8. The van der Waals surface area contributed by atoms with E-state index >= 15 is 0 Å². The normalized spacial score (nSPS) is 11.5. The molecule has 0 aliphatic carbocycles. The van der Waals surface area contributed by atoms with E-state index in [1.54, 1.807) is 12.1 Å². The van der Waals surface area contributed by atoms with Crippen LogP contribution in [-0.4, -0.2) is 24.4 Å². The Hall–Kier alpha value is -3.11. The first-order chi connectivity index (χ1) is 13.9. The largest absolute Gasteiger partial charge is 0.362 e. The van der Waals surface area contributed by atoms with Crippen LogP contribution in [0.2, 0.25) is 0 Å². The molecule has 7 nitrogen and oxygen atoms in total. The first-order valence-electron chi connectivity index (χ1n) is 8.55. The number of aromatic nitrogens is 2. The van der Waals surface area contributed by atoms with Crippen LogP contribution < -0.4 is 10.0 Å². The molecule has 3 aromatic rings. The number of benzene rings is 2. The Morgan fingerprint density at radius 1 is 1.10 bits per heavy atom. The average molecular weight is 433 g/mol. The third-order valence-corrected chi connectivity index (χ3v) is 6.24. The number of nitrogens with zero attached hydrogens (tertiary/aromatic N) is 2. The smallest absolute Gasteiger partial charge is 0.263 e. The molecule has 0 unspecified atom stereocenters. The zero-order valence-corrected chi connectivity index (χ0v) is 16.9. The van der Waals surface area contributed by atoms with Crippen LogP contribution in [0, 0.1) is 5.82 Å². The van der Waals surface area contributed by atoms with Gasteiger partial charge in [-0.3, -0.25) is 9.52 Å². The second-order valence-electron chi connectivity index (χ2n) is 5.83. The summed E-state index contributed by atoms with van der Waals surface area (Å²) in [6.07, 6.45) is 3.41. The molecule has 1 aromatic heterocycles. The van der Waals surface area contributed by atoms with Crippen LogP contribution >= 0.6 is 11.3 Å². The molecule has 0 saturated carbocycles. The number of allylic oxidation sites excluding steroid dienone is 1. The summed E-state index contributed by atoms with van der Waals surface area (Å²) in [5.41, 5.74) is 0.955. The Morgan fingerprint density at radius 3 is 2.41 bits per heavy atom. The van der Waals surface area contributed by atoms with Crippen LogP contribution in [0.4, 0.5) is 15.2 Å². The fourth-order valence-electron chi connectivity index (χ4n) is 2.27. The van der Waals surface area contributed by atoms with Gasteiger partial charge >= 0.3 is 0 Å². The maximum absolute atomic E-state index is 12.9. The van der Waals surface area contributed by atoms with Crippen LogP contribution in [0.3, 0.4) is 0 Å². The molecular weight excluding hydrogens is 415 g/mol. The van der Waals surface area contributed by atoms with Gasteiger partial charge < -0.3 is 5.32 Å². The molecule has 0 amide bonds. The van der Waals surface area contributed by atoms with E-state index < -0.39 is 15.8 Å². The van der Waals surface area contributed by atoms with Gasteiger partial charge in [-0.25, -0.2) is 12.8 Å². The fourth-order valence-corrected chi connectivity index (χ4v) is 4.18. The molecule has 0 aliphatic heterocycles. The lowest BCUT2D eigenvalue weighted by atomic mass is 10.1. The molecule has 2 aromatic carbocycles. The van der Waals surface area contributed by atoms with E-state index in [1.165, 1.54) is 60.0 Å². The van der Waals surface area contributed by atoms with Crippen LogP contribution in [-0.2, 0) is 16.4 Å². The molecule has 0 atom stereocenters. The molecule has 150 valence electrons. The molecule has 0 radical (unpaired) electrons. The van der Waals surface area contributed by atoms with Gasteiger partial charge in [0.15, 0.2) is 5.78 Å². The monoisotopic (exact) mass is 432 g/mol. The second kappa shape index (κ2) is 8.93. The van der Waals surface area contributed by atoms with E-state index in [2.05, 4.69) is 20.2 Å². The van der Waals surface area contributed by atoms with Crippen molar-refractivity contribution in [2.45, 2.75) is 18.2 Å². The molecule has 0 fully saturated rings. The molecule has 29 heavy (non-hydrogen) atoms. The highest BCUT2D eigenvalue weighted by molar-refractivity contribution is 7.93. The predicted molar refractivity (Wildman–Crippen MR) is 110 cm³/mol. The number of carbonyl (C=O) groups is 1. The summed E-state index contributed by atoms with van der Waals surface area (Å²) >= 11 is 1.18. The number of halogens is 1. The number of hydrogen-bond donors (Lipinski definition) is 2. The number of aryl methyl sites for hydroxylation is 1. The van der Waals surface area contributed by atoms with Crippen molar-refractivity contribution in [3.63, 3.8) is 0 Å². The molecule has 1 heterocycles. The van der Waals surface area contributed by atoms with Crippen LogP contribution in [0.25, 0.3) is 0 Å². The first kappa shape index (κ1) is 20.6. The highest BCUT2D eigenvalue weighted by Crippen LogP contribution is 2.21. The van der Waals surface area contributed by atoms with Gasteiger partial charge in [0.1, 0.15) is 10.8 Å². The van der Waals surface area contributed by atoms with Crippen LogP contribution in [0.5, 0.6) is 0 Å². The van der Waals surface area contributed by atoms with Gasteiger partial charge in [0, 0.05) is 23.5 Å². The summed E-state index contributed by atoms with van der Waals surface area (Å²) < 4.78 is 40.1. The highest BCUT2D eigenvalue weighted by Gasteiger charge is 2.16. The van der Waals surface area contributed by atoms with Gasteiger partial charge in [0.25, 0.3) is 10.0 Å². The molecular formula is C19H17FN4O3S2. The molecule has 10 heteroatoms. The Labute approximate surface area is 171 Å². The fraction of sp³-hybridized carbons (Fsp3) is 0.105. The maximum Gasteiger partial charge on any atom is 0.263 e. The molecule has 0 aliphatic rings. The number of anilines is 2. The van der Waals surface area contributed by atoms with Crippen molar-refractivity contribution in [2.24, 2.45) is 0 Å². The van der Waals surface area contributed by atoms with Gasteiger partial charge in [-0.2, -0.15) is 0 Å². The average Bonchev–Trinajstić information content (AvgIpc) is 3.15. The van der Waals surface area contributed by atoms with Gasteiger partial charge in [-0.15, -0.1) is 10.2 Å². The van der Waals surface area contributed by atoms with Crippen molar-refractivity contribution in [2.75, 3.05) is 10.0 Å². The number of ketones is 1. The SMILES string of the molecule is CCc1nnc(NS(=O)(=O)c2ccc(N/C=C/C(=O)c3ccc(F)cc3)cc2)s1. The lowest BCUT2D eigenvalue weighted by Gasteiger charge is -2.06. The van der Waals surface area contributed by atoms with Crippen LogP contribution in [0.15, 0.2) is 65.7 Å². The molecule has 0 saturated heterocycles. The summed E-state index contributed by atoms with van der Waals surface area (Å²) in [4.78, 5) is 12.1. The Bertz CT molecular complexity index is 1130. The standard InChI is InChI=1S/C19H17FN4O3S2/c1-2-18-22-23-19(28-18)24-29(26,27)16-9-7-15(8-10-16)21-12-11-17(25)13-3-5-14(20)6-4-13/h3-12,21H,2H2,1H3,(H,23,24)/b12-11+. The third kappa shape index (κ3) is 5.46. The first-order valence-corrected chi connectivity index (χ1v) is 10.9. The Morgan fingerprint density at radius 2 is 1.79 bits per heavy atom. The van der Waals surface area contributed by atoms with E-state index in [1.807, 2.05) is 6.92 Å². The number of carbonyl (C=O) groups excluding carboxylic acids is 1. The van der Waals surface area contributed by atoms with Crippen molar-refractivity contribution < 1.29 is 17.6 Å². The summed E-state index contributed by atoms with van der Waals surface area (Å²) in [7, 11) is -3.77. The van der Waals surface area contributed by atoms with Gasteiger partial charge in [-0.1, -0.05) is 18.3 Å². The minimum Gasteiger partial charge on any atom is -0.362 e. The van der Waals surface area contributed by atoms with Crippen molar-refractivity contribution in [3.05, 3.63) is 77.2 Å². The summed E-state index contributed by atoms with van der Waals surface area (Å²) in [6, 6.07) is 11.2. The lowest BCUT2D eigenvalue weighted by molar-refractivity contribution is 0.104. The van der Waals surface area contributed by atoms with Gasteiger partial charge in [0.2, 0.25) is 5.13 Å². The Kier molecular flexibility index (Phi) is 6.35. The minimum atomic E-state index is -3.77. The van der Waals surface area contributed by atoms with E-state index in [0.717, 1.165) is 5.01 Å². The molecule has 0 bridgehead atoms. The van der Waals surface area contributed by atoms with Gasteiger partial charge in [-0.05, 0) is 55.0 Å². The van der Waals surface area contributed by atoms with Crippen molar-refractivity contribution in [1.82, 2.24) is 10.2 Å². The second-order valence-corrected chi connectivity index (χ2v) is 8.58. The van der Waals surface area contributed by atoms with Crippen molar-refractivity contribution >= 4 is 38.0 Å². The summed E-state index contributed by atoms with van der Waals surface area (Å²) in [5, 5.41) is 11.5. The van der Waals surface area contributed by atoms with Crippen molar-refractivity contribution in [3.8, 4) is 0 Å². The zero-order chi connectivity index (χ0) is 20.9. The maximum atomic E-state index is 12.9. The number of hydrogen-bond acceptors (Lipinski definition) is 7. The van der Waals surface area contributed by atoms with E-state index in [-0.39, 0.29) is 15.8 Å². The van der Waals surface area contributed by atoms with E-state index in [4.69, 9.17) is 0 Å². The van der Waals surface area contributed by atoms with Gasteiger partial charge in [0.05, 0.1) is 4.90 Å². The topological polar surface area (TPSA) is 101 Å². The summed E-state index contributed by atoms with van der Waals surface area (Å²) in [6.45, 7) is 1.91. The zero-order valence-electron chi connectivity index (χ0n) is 15.3. The quantitative estimate of drug-likeness (QED) is 0.414. The summed E-state index contributed by atoms with van der Waals surface area (Å²) in [5.74, 6) is -0.700. The van der Waals surface area contributed by atoms with Crippen molar-refractivity contribution in [1.29, 1.82) is 0 Å².